The summed E-state index contributed by atoms with van der Waals surface area (Å²) in [4.78, 5) is 54.0. The molecule has 8 rings (SSSR count). The number of carboxylic acid groups (broad SMARTS) is 1. The van der Waals surface area contributed by atoms with Crippen LogP contribution in [0.1, 0.15) is 44.5 Å². The first-order valence-corrected chi connectivity index (χ1v) is 21.5. The first-order valence-electron chi connectivity index (χ1n) is 21.5. The van der Waals surface area contributed by atoms with Crippen molar-refractivity contribution in [3.8, 4) is 0 Å². The van der Waals surface area contributed by atoms with Crippen molar-refractivity contribution in [1.82, 2.24) is 0 Å². The van der Waals surface area contributed by atoms with Crippen molar-refractivity contribution in [3.63, 3.8) is 0 Å². The third-order valence-electron chi connectivity index (χ3n) is 11.3. The van der Waals surface area contributed by atoms with Crippen LogP contribution in [0.4, 0.5) is 0 Å². The molecular weight excluding hydrogens is 898 g/mol. The van der Waals surface area contributed by atoms with E-state index in [4.69, 9.17) is 14.0 Å². The topological polar surface area (TPSA) is 200 Å². The predicted octanol–water partition coefficient (Wildman–Crippen LogP) is 3.09. The van der Waals surface area contributed by atoms with E-state index in [1.54, 1.807) is 170 Å². The number of carbonyl (C=O) groups excluding carboxylic acids is 4. The molecule has 0 amide bonds. The molecule has 0 radical (unpaired) electrons. The van der Waals surface area contributed by atoms with Crippen molar-refractivity contribution in [2.24, 2.45) is 0 Å². The zero-order valence-corrected chi connectivity index (χ0v) is 39.7. The summed E-state index contributed by atoms with van der Waals surface area (Å²) in [5.74, 6) is -5.70. The summed E-state index contributed by atoms with van der Waals surface area (Å²) in [6, 6.07) is 63.8. The molecule has 0 unspecified atom stereocenters. The number of aliphatic carboxylic acids is 1. The molecule has 344 valence electrons. The van der Waals surface area contributed by atoms with E-state index in [0.29, 0.717) is 0 Å². The Balaban J connectivity index is 0.000000376. The molecular formula is C56H44BNaO12. The molecule has 8 aromatic rings. The van der Waals surface area contributed by atoms with Gasteiger partial charge >= 0.3 is 54.8 Å². The number of carbonyl (C=O) groups is 4. The van der Waals surface area contributed by atoms with Gasteiger partial charge in [0.2, 0.25) is 16.8 Å². The molecule has 4 N–H and O–H groups in total. The van der Waals surface area contributed by atoms with Gasteiger partial charge in [-0.25, -0.2) is 14.4 Å². The molecule has 0 fully saturated rings. The third-order valence-corrected chi connectivity index (χ3v) is 11.3. The Morgan fingerprint density at radius 1 is 0.300 bits per heavy atom. The monoisotopic (exact) mass is 942 g/mol. The second-order valence-corrected chi connectivity index (χ2v) is 15.6. The Hall–Kier alpha value is -7.46. The minimum absolute atomic E-state index is 0. The summed E-state index contributed by atoms with van der Waals surface area (Å²) >= 11 is 0. The molecule has 0 bridgehead atoms. The van der Waals surface area contributed by atoms with Crippen LogP contribution < -0.4 is 34.7 Å². The maximum absolute atomic E-state index is 14.2. The molecule has 0 aliphatic rings. The fourth-order valence-electron chi connectivity index (χ4n) is 7.63. The van der Waals surface area contributed by atoms with Gasteiger partial charge in [-0.3, -0.25) is 0 Å². The van der Waals surface area contributed by atoms with Crippen LogP contribution in [0.2, 0.25) is 0 Å². The van der Waals surface area contributed by atoms with Crippen LogP contribution in [-0.2, 0) is 55.5 Å². The van der Waals surface area contributed by atoms with E-state index in [1.807, 2.05) is 0 Å². The van der Waals surface area contributed by atoms with Gasteiger partial charge in [-0.1, -0.05) is 243 Å². The van der Waals surface area contributed by atoms with E-state index in [9.17, 15) is 44.7 Å². The largest absolute Gasteiger partial charge is 1.00 e. The van der Waals surface area contributed by atoms with Gasteiger partial charge in [-0.2, -0.15) is 0 Å². The molecule has 0 saturated heterocycles. The average molecular weight is 943 g/mol. The Kier molecular flexibility index (Phi) is 17.2. The number of hydrogen-bond donors (Lipinski definition) is 4. The molecule has 14 heteroatoms. The fourth-order valence-corrected chi connectivity index (χ4v) is 7.63. The Labute approximate surface area is 426 Å². The van der Waals surface area contributed by atoms with Crippen molar-refractivity contribution in [1.29, 1.82) is 0 Å². The Morgan fingerprint density at radius 2 is 0.443 bits per heavy atom. The molecule has 12 nitrogen and oxygen atoms in total. The van der Waals surface area contributed by atoms with Gasteiger partial charge in [-0.05, 0) is 44.5 Å². The second-order valence-electron chi connectivity index (χ2n) is 15.6. The van der Waals surface area contributed by atoms with Gasteiger partial charge in [0, 0.05) is 0 Å². The standard InChI is InChI=1S/C42H33BO9.C14H12O3.Na/c44-37(40(47,31-19-7-1-8-20-31)32-21-9-2-10-22-32)50-43(51-38(45)41(48,33-23-11-3-12-24-33)34-25-13-4-14-26-34)52-39(46)42(49,35-27-15-5-16-28-35)36-29-17-6-18-30-36;15-13(16)14(17,11-7-3-1-4-8-11)12-9-5-2-6-10-12;/h1-30,47-49H;1-10,17H,(H,15,16);/q;;+1/p-1. The van der Waals surface area contributed by atoms with Gasteiger partial charge in [0.05, 0.1) is 5.97 Å². The number of hydrogen-bond acceptors (Lipinski definition) is 12. The van der Waals surface area contributed by atoms with Crippen LogP contribution in [0.3, 0.4) is 0 Å². The van der Waals surface area contributed by atoms with Gasteiger partial charge in [0.15, 0.2) is 5.60 Å². The number of aliphatic hydroxyl groups is 4. The molecule has 0 saturated carbocycles. The normalized spacial score (nSPS) is 11.3. The Morgan fingerprint density at radius 3 is 0.586 bits per heavy atom. The van der Waals surface area contributed by atoms with Crippen LogP contribution in [0, 0.1) is 0 Å². The SMILES string of the molecule is O=C(OB(OC(=O)C(O)(c1ccccc1)c1ccccc1)OC(=O)C(O)(c1ccccc1)c1ccccc1)C(O)(c1ccccc1)c1ccccc1.O=C([O-])C(O)(c1ccccc1)c1ccccc1.[Na+]. The van der Waals surface area contributed by atoms with Gasteiger partial charge in [0.25, 0.3) is 0 Å². The van der Waals surface area contributed by atoms with Crippen LogP contribution in [0.15, 0.2) is 243 Å². The molecule has 0 aromatic heterocycles. The number of rotatable bonds is 15. The Bertz CT molecular complexity index is 2540. The first-order chi connectivity index (χ1) is 33.3. The molecule has 0 spiro atoms. The summed E-state index contributed by atoms with van der Waals surface area (Å²) < 4.78 is 16.8. The summed E-state index contributed by atoms with van der Waals surface area (Å²) in [6.07, 6.45) is 0. The maximum Gasteiger partial charge on any atom is 1.00 e. The molecule has 0 aliphatic heterocycles. The second kappa shape index (κ2) is 23.2. The molecule has 0 atom stereocenters. The van der Waals surface area contributed by atoms with Crippen molar-refractivity contribution in [2.75, 3.05) is 0 Å². The molecule has 8 aromatic carbocycles. The van der Waals surface area contributed by atoms with Gasteiger partial charge < -0.3 is 44.3 Å². The zero-order valence-electron chi connectivity index (χ0n) is 37.7. The number of benzene rings is 8. The quantitative estimate of drug-likeness (QED) is 0.110. The van der Waals surface area contributed by atoms with Crippen molar-refractivity contribution >= 4 is 31.2 Å². The van der Waals surface area contributed by atoms with Crippen molar-refractivity contribution in [3.05, 3.63) is 287 Å². The number of carboxylic acids is 1. The van der Waals surface area contributed by atoms with E-state index in [2.05, 4.69) is 0 Å². The van der Waals surface area contributed by atoms with E-state index < -0.39 is 53.6 Å². The minimum atomic E-state index is -2.54. The third kappa shape index (κ3) is 10.9. The average Bonchev–Trinajstić information content (AvgIpc) is 3.41. The summed E-state index contributed by atoms with van der Waals surface area (Å²) in [5, 5.41) is 58.0. The fraction of sp³-hybridized carbons (Fsp3) is 0.0714. The summed E-state index contributed by atoms with van der Waals surface area (Å²) in [5.41, 5.74) is -8.46. The van der Waals surface area contributed by atoms with E-state index in [0.717, 1.165) is 0 Å². The van der Waals surface area contributed by atoms with Crippen LogP contribution in [-0.4, -0.2) is 51.6 Å². The van der Waals surface area contributed by atoms with Crippen LogP contribution >= 0.6 is 0 Å². The van der Waals surface area contributed by atoms with E-state index in [-0.39, 0.29) is 74.1 Å². The molecule has 0 aliphatic carbocycles. The van der Waals surface area contributed by atoms with Crippen molar-refractivity contribution < 1.29 is 88.2 Å². The van der Waals surface area contributed by atoms with Crippen LogP contribution in [0.25, 0.3) is 0 Å². The smallest absolute Gasteiger partial charge is 0.546 e. The van der Waals surface area contributed by atoms with Crippen LogP contribution in [0.5, 0.6) is 0 Å². The first kappa shape index (κ1) is 51.9. The maximum atomic E-state index is 14.2. The van der Waals surface area contributed by atoms with Gasteiger partial charge in [0.1, 0.15) is 0 Å². The summed E-state index contributed by atoms with van der Waals surface area (Å²) in [7, 11) is -2.54. The minimum Gasteiger partial charge on any atom is -0.546 e. The van der Waals surface area contributed by atoms with Crippen molar-refractivity contribution in [2.45, 2.75) is 22.4 Å². The van der Waals surface area contributed by atoms with E-state index in [1.165, 1.54) is 72.8 Å². The summed E-state index contributed by atoms with van der Waals surface area (Å²) in [6.45, 7) is 0. The molecule has 70 heavy (non-hydrogen) atoms. The molecule has 0 heterocycles. The zero-order chi connectivity index (χ0) is 48.9. The predicted molar refractivity (Wildman–Crippen MR) is 253 cm³/mol. The van der Waals surface area contributed by atoms with Gasteiger partial charge in [-0.15, -0.1) is 0 Å². The van der Waals surface area contributed by atoms with E-state index >= 15 is 0 Å².